The lowest BCUT2D eigenvalue weighted by Gasteiger charge is -2.08. The minimum Gasteiger partial charge on any atom is -0.381 e. The highest BCUT2D eigenvalue weighted by Crippen LogP contribution is 2.11. The molecule has 1 heterocycles. The van der Waals surface area contributed by atoms with Crippen molar-refractivity contribution in [2.45, 2.75) is 6.42 Å². The predicted octanol–water partition coefficient (Wildman–Crippen LogP) is -0.641. The molecule has 1 aliphatic heterocycles. The third-order valence-electron chi connectivity index (χ3n) is 1.97. The van der Waals surface area contributed by atoms with Gasteiger partial charge in [0, 0.05) is 19.7 Å². The molecular formula is C8H16N2O2. The second kappa shape index (κ2) is 5.11. The molecule has 0 aromatic heterocycles. The summed E-state index contributed by atoms with van der Waals surface area (Å²) in [6, 6.07) is 0. The summed E-state index contributed by atoms with van der Waals surface area (Å²) in [5.41, 5.74) is 0. The molecule has 1 rings (SSSR count). The Morgan fingerprint density at radius 1 is 1.58 bits per heavy atom. The van der Waals surface area contributed by atoms with Crippen LogP contribution in [0.15, 0.2) is 0 Å². The first kappa shape index (κ1) is 9.48. The van der Waals surface area contributed by atoms with Crippen molar-refractivity contribution >= 4 is 5.91 Å². The average molecular weight is 172 g/mol. The van der Waals surface area contributed by atoms with E-state index >= 15 is 0 Å². The third kappa shape index (κ3) is 2.79. The summed E-state index contributed by atoms with van der Waals surface area (Å²) in [6.07, 6.45) is 0.866. The Morgan fingerprint density at radius 2 is 2.42 bits per heavy atom. The maximum atomic E-state index is 11.3. The van der Waals surface area contributed by atoms with Gasteiger partial charge in [-0.1, -0.05) is 0 Å². The Hall–Kier alpha value is -0.610. The number of amides is 1. The van der Waals surface area contributed by atoms with Crippen LogP contribution in [0.4, 0.5) is 0 Å². The zero-order valence-electron chi connectivity index (χ0n) is 7.43. The molecule has 12 heavy (non-hydrogen) atoms. The topological polar surface area (TPSA) is 50.4 Å². The van der Waals surface area contributed by atoms with E-state index < -0.39 is 0 Å². The number of ether oxygens (including phenoxy) is 1. The van der Waals surface area contributed by atoms with Gasteiger partial charge in [-0.2, -0.15) is 0 Å². The number of rotatable bonds is 4. The molecule has 0 radical (unpaired) electrons. The van der Waals surface area contributed by atoms with Crippen LogP contribution >= 0.6 is 0 Å². The maximum Gasteiger partial charge on any atom is 0.225 e. The summed E-state index contributed by atoms with van der Waals surface area (Å²) in [4.78, 5) is 11.3. The summed E-state index contributed by atoms with van der Waals surface area (Å²) >= 11 is 0. The van der Waals surface area contributed by atoms with Crippen molar-refractivity contribution < 1.29 is 9.53 Å². The smallest absolute Gasteiger partial charge is 0.225 e. The van der Waals surface area contributed by atoms with E-state index in [9.17, 15) is 4.79 Å². The molecule has 4 heteroatoms. The fourth-order valence-corrected chi connectivity index (χ4v) is 1.20. The molecule has 0 aliphatic carbocycles. The normalized spacial score (nSPS) is 22.6. The maximum absolute atomic E-state index is 11.3. The molecule has 0 aromatic rings. The molecule has 1 fully saturated rings. The molecule has 2 N–H and O–H groups in total. The zero-order valence-corrected chi connectivity index (χ0v) is 7.43. The fourth-order valence-electron chi connectivity index (χ4n) is 1.20. The molecule has 0 bridgehead atoms. The van der Waals surface area contributed by atoms with E-state index in [1.54, 1.807) is 0 Å². The van der Waals surface area contributed by atoms with Crippen LogP contribution in [0.5, 0.6) is 0 Å². The molecule has 1 amide bonds. The molecule has 0 spiro atoms. The first-order chi connectivity index (χ1) is 5.84. The minimum absolute atomic E-state index is 0.0851. The van der Waals surface area contributed by atoms with Crippen LogP contribution in [-0.2, 0) is 9.53 Å². The SMILES string of the molecule is CNCCNC(=O)C1CCOC1. The largest absolute Gasteiger partial charge is 0.381 e. The number of nitrogens with one attached hydrogen (secondary N) is 2. The molecule has 0 saturated carbocycles. The lowest BCUT2D eigenvalue weighted by Crippen LogP contribution is -2.35. The van der Waals surface area contributed by atoms with Crippen LogP contribution in [0.3, 0.4) is 0 Å². The van der Waals surface area contributed by atoms with E-state index in [4.69, 9.17) is 4.74 Å². The van der Waals surface area contributed by atoms with Crippen molar-refractivity contribution in [3.05, 3.63) is 0 Å². The first-order valence-corrected chi connectivity index (χ1v) is 4.34. The van der Waals surface area contributed by atoms with Gasteiger partial charge in [0.15, 0.2) is 0 Å². The van der Waals surface area contributed by atoms with Gasteiger partial charge >= 0.3 is 0 Å². The Bertz CT molecular complexity index is 144. The van der Waals surface area contributed by atoms with Gasteiger partial charge in [-0.25, -0.2) is 0 Å². The van der Waals surface area contributed by atoms with Crippen LogP contribution < -0.4 is 10.6 Å². The van der Waals surface area contributed by atoms with Crippen molar-refractivity contribution in [2.75, 3.05) is 33.4 Å². The van der Waals surface area contributed by atoms with Crippen LogP contribution in [0.1, 0.15) is 6.42 Å². The third-order valence-corrected chi connectivity index (χ3v) is 1.97. The van der Waals surface area contributed by atoms with Gasteiger partial charge in [-0.3, -0.25) is 4.79 Å². The lowest BCUT2D eigenvalue weighted by atomic mass is 10.1. The van der Waals surface area contributed by atoms with Gasteiger partial charge in [0.2, 0.25) is 5.91 Å². The second-order valence-corrected chi connectivity index (χ2v) is 2.96. The van der Waals surface area contributed by atoms with Crippen LogP contribution in [0, 0.1) is 5.92 Å². The number of carbonyl (C=O) groups excluding carboxylic acids is 1. The van der Waals surface area contributed by atoms with Gasteiger partial charge in [0.25, 0.3) is 0 Å². The van der Waals surface area contributed by atoms with Gasteiger partial charge in [-0.15, -0.1) is 0 Å². The summed E-state index contributed by atoms with van der Waals surface area (Å²) in [6.45, 7) is 2.83. The van der Waals surface area contributed by atoms with Crippen LogP contribution in [-0.4, -0.2) is 39.3 Å². The second-order valence-electron chi connectivity index (χ2n) is 2.96. The van der Waals surface area contributed by atoms with Crippen molar-refractivity contribution in [2.24, 2.45) is 5.92 Å². The molecule has 70 valence electrons. The first-order valence-electron chi connectivity index (χ1n) is 4.34. The Balaban J connectivity index is 2.10. The highest BCUT2D eigenvalue weighted by Gasteiger charge is 2.22. The van der Waals surface area contributed by atoms with E-state index in [0.29, 0.717) is 13.2 Å². The summed E-state index contributed by atoms with van der Waals surface area (Å²) in [5, 5.41) is 5.81. The quantitative estimate of drug-likeness (QED) is 0.554. The highest BCUT2D eigenvalue weighted by molar-refractivity contribution is 5.78. The van der Waals surface area contributed by atoms with E-state index in [0.717, 1.165) is 19.6 Å². The average Bonchev–Trinajstić information content (AvgIpc) is 2.56. The van der Waals surface area contributed by atoms with Crippen LogP contribution in [0.25, 0.3) is 0 Å². The van der Waals surface area contributed by atoms with Crippen molar-refractivity contribution in [3.63, 3.8) is 0 Å². The molecular weight excluding hydrogens is 156 g/mol. The van der Waals surface area contributed by atoms with E-state index in [2.05, 4.69) is 10.6 Å². The van der Waals surface area contributed by atoms with Gasteiger partial charge in [0.1, 0.15) is 0 Å². The lowest BCUT2D eigenvalue weighted by molar-refractivity contribution is -0.124. The van der Waals surface area contributed by atoms with Gasteiger partial charge < -0.3 is 15.4 Å². The van der Waals surface area contributed by atoms with Crippen LogP contribution in [0.2, 0.25) is 0 Å². The molecule has 1 atom stereocenters. The standard InChI is InChI=1S/C8H16N2O2/c1-9-3-4-10-8(11)7-2-5-12-6-7/h7,9H,2-6H2,1H3,(H,10,11). The summed E-state index contributed by atoms with van der Waals surface area (Å²) < 4.78 is 5.11. The molecule has 0 aromatic carbocycles. The molecule has 1 aliphatic rings. The molecule has 1 unspecified atom stereocenters. The van der Waals surface area contributed by atoms with E-state index in [1.807, 2.05) is 7.05 Å². The molecule has 1 saturated heterocycles. The number of likely N-dealkylation sites (N-methyl/N-ethyl adjacent to an activating group) is 1. The highest BCUT2D eigenvalue weighted by atomic mass is 16.5. The minimum atomic E-state index is 0.0851. The monoisotopic (exact) mass is 172 g/mol. The van der Waals surface area contributed by atoms with Gasteiger partial charge in [-0.05, 0) is 13.5 Å². The summed E-state index contributed by atoms with van der Waals surface area (Å²) in [5.74, 6) is 0.213. The number of carbonyl (C=O) groups is 1. The predicted molar refractivity (Wildman–Crippen MR) is 45.9 cm³/mol. The van der Waals surface area contributed by atoms with Crippen molar-refractivity contribution in [3.8, 4) is 0 Å². The van der Waals surface area contributed by atoms with E-state index in [-0.39, 0.29) is 11.8 Å². The number of hydrogen-bond donors (Lipinski definition) is 2. The summed E-state index contributed by atoms with van der Waals surface area (Å²) in [7, 11) is 1.87. The van der Waals surface area contributed by atoms with E-state index in [1.165, 1.54) is 0 Å². The zero-order chi connectivity index (χ0) is 8.81. The Morgan fingerprint density at radius 3 is 3.00 bits per heavy atom. The number of hydrogen-bond acceptors (Lipinski definition) is 3. The fraction of sp³-hybridized carbons (Fsp3) is 0.875. The van der Waals surface area contributed by atoms with Crippen molar-refractivity contribution in [1.82, 2.24) is 10.6 Å². The van der Waals surface area contributed by atoms with Crippen molar-refractivity contribution in [1.29, 1.82) is 0 Å². The Kier molecular flexibility index (Phi) is 4.04. The Labute approximate surface area is 72.7 Å². The molecule has 4 nitrogen and oxygen atoms in total. The van der Waals surface area contributed by atoms with Gasteiger partial charge in [0.05, 0.1) is 12.5 Å².